The van der Waals surface area contributed by atoms with Gasteiger partial charge in [0.2, 0.25) is 0 Å². The highest BCUT2D eigenvalue weighted by Gasteiger charge is 2.16. The van der Waals surface area contributed by atoms with Crippen molar-refractivity contribution in [3.05, 3.63) is 50.9 Å². The van der Waals surface area contributed by atoms with E-state index in [4.69, 9.17) is 0 Å². The summed E-state index contributed by atoms with van der Waals surface area (Å²) in [5, 5.41) is 2.62. The first-order valence-corrected chi connectivity index (χ1v) is 8.21. The van der Waals surface area contributed by atoms with Crippen LogP contribution in [0.2, 0.25) is 0 Å². The second-order valence-electron chi connectivity index (χ2n) is 6.47. The second kappa shape index (κ2) is 5.70. The average molecular weight is 326 g/mol. The molecule has 0 amide bonds. The van der Waals surface area contributed by atoms with E-state index in [1.54, 1.807) is 18.5 Å². The molecule has 3 aromatic rings. The van der Waals surface area contributed by atoms with Crippen molar-refractivity contribution in [1.29, 1.82) is 0 Å². The van der Waals surface area contributed by atoms with Crippen LogP contribution < -0.4 is 5.56 Å². The molecule has 0 bridgehead atoms. The Morgan fingerprint density at radius 3 is 2.52 bits per heavy atom. The molecule has 6 heteroatoms. The maximum absolute atomic E-state index is 12.1. The highest BCUT2D eigenvalue weighted by Crippen LogP contribution is 2.20. The van der Waals surface area contributed by atoms with E-state index >= 15 is 0 Å². The fourth-order valence-electron chi connectivity index (χ4n) is 2.17. The maximum atomic E-state index is 12.1. The van der Waals surface area contributed by atoms with E-state index < -0.39 is 0 Å². The van der Waals surface area contributed by atoms with Gasteiger partial charge in [0.05, 0.1) is 5.39 Å². The summed E-state index contributed by atoms with van der Waals surface area (Å²) in [4.78, 5) is 28.9. The SMILES string of the molecule is Cc1csc2nc(/C=C/c3cnc(C(C)(C)C)nc3)[nH]c(=O)c12. The molecule has 0 saturated heterocycles. The van der Waals surface area contributed by atoms with E-state index in [1.807, 2.05) is 18.4 Å². The molecule has 0 aliphatic heterocycles. The summed E-state index contributed by atoms with van der Waals surface area (Å²) in [6.07, 6.45) is 7.16. The molecular formula is C17H18N4OS. The Kier molecular flexibility index (Phi) is 3.85. The minimum Gasteiger partial charge on any atom is -0.306 e. The number of fused-ring (bicyclic) bond motifs is 1. The molecule has 0 aromatic carbocycles. The van der Waals surface area contributed by atoms with Crippen LogP contribution in [0.5, 0.6) is 0 Å². The molecular weight excluding hydrogens is 308 g/mol. The van der Waals surface area contributed by atoms with Gasteiger partial charge < -0.3 is 4.98 Å². The Labute approximate surface area is 138 Å². The zero-order valence-electron chi connectivity index (χ0n) is 13.5. The molecule has 0 fully saturated rings. The molecule has 0 spiro atoms. The van der Waals surface area contributed by atoms with Gasteiger partial charge in [0.1, 0.15) is 16.5 Å². The highest BCUT2D eigenvalue weighted by molar-refractivity contribution is 7.16. The fraction of sp³-hybridized carbons (Fsp3) is 0.294. The number of rotatable bonds is 2. The molecule has 0 atom stereocenters. The van der Waals surface area contributed by atoms with Crippen molar-refractivity contribution in [2.75, 3.05) is 0 Å². The molecule has 1 N–H and O–H groups in total. The summed E-state index contributed by atoms with van der Waals surface area (Å²) in [7, 11) is 0. The lowest BCUT2D eigenvalue weighted by molar-refractivity contribution is 0.545. The van der Waals surface area contributed by atoms with Crippen molar-refractivity contribution in [2.45, 2.75) is 33.1 Å². The minimum absolute atomic E-state index is 0.0723. The van der Waals surface area contributed by atoms with Crippen LogP contribution in [-0.4, -0.2) is 19.9 Å². The molecule has 0 saturated carbocycles. The van der Waals surface area contributed by atoms with E-state index in [1.165, 1.54) is 11.3 Å². The third-order valence-corrected chi connectivity index (χ3v) is 4.41. The van der Waals surface area contributed by atoms with Gasteiger partial charge in [0.25, 0.3) is 5.56 Å². The summed E-state index contributed by atoms with van der Waals surface area (Å²) in [6, 6.07) is 0. The van der Waals surface area contributed by atoms with Crippen LogP contribution in [0.3, 0.4) is 0 Å². The van der Waals surface area contributed by atoms with Gasteiger partial charge >= 0.3 is 0 Å². The van der Waals surface area contributed by atoms with Gasteiger partial charge in [0, 0.05) is 23.4 Å². The second-order valence-corrected chi connectivity index (χ2v) is 7.33. The summed E-state index contributed by atoms with van der Waals surface area (Å²) in [6.45, 7) is 8.14. The van der Waals surface area contributed by atoms with Gasteiger partial charge in [-0.25, -0.2) is 15.0 Å². The number of hydrogen-bond acceptors (Lipinski definition) is 5. The lowest BCUT2D eigenvalue weighted by atomic mass is 9.96. The van der Waals surface area contributed by atoms with Gasteiger partial charge in [0.15, 0.2) is 0 Å². The zero-order valence-corrected chi connectivity index (χ0v) is 14.4. The summed E-state index contributed by atoms with van der Waals surface area (Å²) < 4.78 is 0. The first kappa shape index (κ1) is 15.6. The van der Waals surface area contributed by atoms with Crippen molar-refractivity contribution < 1.29 is 0 Å². The molecule has 3 heterocycles. The number of aryl methyl sites for hydroxylation is 1. The molecule has 0 aliphatic carbocycles. The van der Waals surface area contributed by atoms with Gasteiger partial charge in [-0.05, 0) is 30.0 Å². The van der Waals surface area contributed by atoms with Crippen molar-refractivity contribution in [3.63, 3.8) is 0 Å². The highest BCUT2D eigenvalue weighted by atomic mass is 32.1. The third kappa shape index (κ3) is 3.22. The Balaban J connectivity index is 1.89. The standard InChI is InChI=1S/C17H18N4OS/c1-10-9-23-15-13(10)14(22)20-12(21-15)6-5-11-7-18-16(19-8-11)17(2,3)4/h5-9H,1-4H3,(H,20,21,22)/b6-5+. The van der Waals surface area contributed by atoms with Gasteiger partial charge in [-0.2, -0.15) is 0 Å². The van der Waals surface area contributed by atoms with Crippen LogP contribution in [-0.2, 0) is 5.41 Å². The molecule has 3 rings (SSSR count). The molecule has 23 heavy (non-hydrogen) atoms. The molecule has 5 nitrogen and oxygen atoms in total. The van der Waals surface area contributed by atoms with Crippen molar-refractivity contribution >= 4 is 33.7 Å². The van der Waals surface area contributed by atoms with Gasteiger partial charge in [-0.15, -0.1) is 11.3 Å². The van der Waals surface area contributed by atoms with Crippen LogP contribution in [0.25, 0.3) is 22.4 Å². The fourth-order valence-corrected chi connectivity index (χ4v) is 3.10. The Morgan fingerprint density at radius 2 is 1.87 bits per heavy atom. The Morgan fingerprint density at radius 1 is 1.17 bits per heavy atom. The lowest BCUT2D eigenvalue weighted by Gasteiger charge is -2.15. The van der Waals surface area contributed by atoms with Crippen LogP contribution in [0.4, 0.5) is 0 Å². The van der Waals surface area contributed by atoms with Crippen LogP contribution in [0.1, 0.15) is 43.5 Å². The minimum atomic E-state index is -0.104. The average Bonchev–Trinajstić information content (AvgIpc) is 2.86. The van der Waals surface area contributed by atoms with Crippen molar-refractivity contribution in [3.8, 4) is 0 Å². The van der Waals surface area contributed by atoms with Crippen molar-refractivity contribution in [1.82, 2.24) is 19.9 Å². The lowest BCUT2D eigenvalue weighted by Crippen LogP contribution is -2.15. The van der Waals surface area contributed by atoms with Crippen LogP contribution in [0.15, 0.2) is 22.6 Å². The number of nitrogens with zero attached hydrogens (tertiary/aromatic N) is 3. The smallest absolute Gasteiger partial charge is 0.260 e. The maximum Gasteiger partial charge on any atom is 0.260 e. The third-order valence-electron chi connectivity index (χ3n) is 3.42. The number of aromatic nitrogens is 4. The topological polar surface area (TPSA) is 71.5 Å². The molecule has 0 aliphatic rings. The van der Waals surface area contributed by atoms with Crippen molar-refractivity contribution in [2.24, 2.45) is 0 Å². The van der Waals surface area contributed by atoms with E-state index in [0.29, 0.717) is 11.2 Å². The summed E-state index contributed by atoms with van der Waals surface area (Å²) in [5.41, 5.74) is 1.65. The first-order valence-electron chi connectivity index (χ1n) is 7.33. The Hall–Kier alpha value is -2.34. The Bertz CT molecular complexity index is 930. The van der Waals surface area contributed by atoms with Gasteiger partial charge in [-0.1, -0.05) is 20.8 Å². The largest absolute Gasteiger partial charge is 0.306 e. The number of thiophene rings is 1. The normalized spacial score (nSPS) is 12.3. The number of H-pyrrole nitrogens is 1. The summed E-state index contributed by atoms with van der Waals surface area (Å²) >= 11 is 1.48. The van der Waals surface area contributed by atoms with Crippen LogP contribution in [0, 0.1) is 6.92 Å². The monoisotopic (exact) mass is 326 g/mol. The molecule has 3 aromatic heterocycles. The molecule has 0 unspecified atom stereocenters. The van der Waals surface area contributed by atoms with E-state index in [-0.39, 0.29) is 11.0 Å². The van der Waals surface area contributed by atoms with E-state index in [0.717, 1.165) is 21.8 Å². The van der Waals surface area contributed by atoms with Crippen LogP contribution >= 0.6 is 11.3 Å². The van der Waals surface area contributed by atoms with Gasteiger partial charge in [-0.3, -0.25) is 4.79 Å². The number of nitrogens with one attached hydrogen (secondary N) is 1. The zero-order chi connectivity index (χ0) is 16.6. The predicted octanol–water partition coefficient (Wildman–Crippen LogP) is 3.55. The predicted molar refractivity (Wildman–Crippen MR) is 94.6 cm³/mol. The molecule has 0 radical (unpaired) electrons. The van der Waals surface area contributed by atoms with E-state index in [2.05, 4.69) is 40.7 Å². The molecule has 118 valence electrons. The number of aromatic amines is 1. The number of hydrogen-bond donors (Lipinski definition) is 1. The first-order chi connectivity index (χ1) is 10.8. The van der Waals surface area contributed by atoms with E-state index in [9.17, 15) is 4.79 Å². The summed E-state index contributed by atoms with van der Waals surface area (Å²) in [5.74, 6) is 1.33. The quantitative estimate of drug-likeness (QED) is 0.781.